The second-order valence-corrected chi connectivity index (χ2v) is 5.87. The molecule has 7 heteroatoms. The van der Waals surface area contributed by atoms with Crippen molar-refractivity contribution in [3.8, 4) is 0 Å². The van der Waals surface area contributed by atoms with Crippen LogP contribution in [0, 0.1) is 17.0 Å². The van der Waals surface area contributed by atoms with Gasteiger partial charge in [-0.3, -0.25) is 4.79 Å². The van der Waals surface area contributed by atoms with Crippen molar-refractivity contribution in [2.45, 2.75) is 19.3 Å². The van der Waals surface area contributed by atoms with E-state index in [1.165, 1.54) is 6.07 Å². The van der Waals surface area contributed by atoms with Crippen LogP contribution in [-0.4, -0.2) is 39.3 Å². The first-order valence-corrected chi connectivity index (χ1v) is 7.45. The van der Waals surface area contributed by atoms with Gasteiger partial charge in [0.1, 0.15) is 11.6 Å². The minimum atomic E-state index is -0.691. The van der Waals surface area contributed by atoms with Crippen LogP contribution in [0.2, 0.25) is 0 Å². The lowest BCUT2D eigenvalue weighted by atomic mass is 9.79. The summed E-state index contributed by atoms with van der Waals surface area (Å²) in [5, 5.41) is 6.15. The Hall–Kier alpha value is -1.24. The Balaban J connectivity index is 0.00000264. The Labute approximate surface area is 141 Å². The first kappa shape index (κ1) is 19.8. The predicted molar refractivity (Wildman–Crippen MR) is 86.7 cm³/mol. The summed E-state index contributed by atoms with van der Waals surface area (Å²) in [7, 11) is 1.65. The summed E-state index contributed by atoms with van der Waals surface area (Å²) < 4.78 is 31.7. The van der Waals surface area contributed by atoms with Gasteiger partial charge in [-0.15, -0.1) is 12.4 Å². The number of carbonyl (C=O) groups excluding carboxylic acids is 1. The Morgan fingerprint density at radius 2 is 2.04 bits per heavy atom. The molecule has 0 radical (unpaired) electrons. The quantitative estimate of drug-likeness (QED) is 0.827. The van der Waals surface area contributed by atoms with Crippen molar-refractivity contribution in [2.75, 3.05) is 33.4 Å². The van der Waals surface area contributed by atoms with E-state index in [2.05, 4.69) is 10.6 Å². The van der Waals surface area contributed by atoms with Crippen LogP contribution in [0.15, 0.2) is 18.2 Å². The third kappa shape index (κ3) is 5.71. The summed E-state index contributed by atoms with van der Waals surface area (Å²) in [5.74, 6) is -1.60. The Morgan fingerprint density at radius 3 is 2.65 bits per heavy atom. The molecule has 1 aliphatic rings. The van der Waals surface area contributed by atoms with E-state index in [0.717, 1.165) is 38.1 Å². The first-order valence-electron chi connectivity index (χ1n) is 7.45. The van der Waals surface area contributed by atoms with Gasteiger partial charge in [0, 0.05) is 25.1 Å². The molecule has 1 fully saturated rings. The topological polar surface area (TPSA) is 50.4 Å². The maximum absolute atomic E-state index is 13.6. The molecule has 0 unspecified atom stereocenters. The van der Waals surface area contributed by atoms with Crippen molar-refractivity contribution in [1.82, 2.24) is 10.6 Å². The van der Waals surface area contributed by atoms with Crippen LogP contribution in [0.25, 0.3) is 0 Å². The first-order chi connectivity index (χ1) is 10.5. The van der Waals surface area contributed by atoms with Gasteiger partial charge in [-0.25, -0.2) is 8.78 Å². The van der Waals surface area contributed by atoms with Gasteiger partial charge in [0.15, 0.2) is 0 Å². The maximum Gasteiger partial charge on any atom is 0.224 e. The average molecular weight is 349 g/mol. The van der Waals surface area contributed by atoms with Crippen LogP contribution < -0.4 is 10.6 Å². The van der Waals surface area contributed by atoms with Gasteiger partial charge in [0.25, 0.3) is 0 Å². The van der Waals surface area contributed by atoms with Gasteiger partial charge in [-0.1, -0.05) is 6.07 Å². The number of benzene rings is 1. The molecule has 2 rings (SSSR count). The number of halogens is 3. The molecule has 1 aliphatic heterocycles. The van der Waals surface area contributed by atoms with Gasteiger partial charge in [-0.2, -0.15) is 0 Å². The van der Waals surface area contributed by atoms with Crippen LogP contribution in [0.4, 0.5) is 8.78 Å². The van der Waals surface area contributed by atoms with Crippen LogP contribution in [-0.2, 0) is 16.0 Å². The van der Waals surface area contributed by atoms with E-state index in [4.69, 9.17) is 4.74 Å². The molecule has 0 bridgehead atoms. The van der Waals surface area contributed by atoms with E-state index in [-0.39, 0.29) is 35.7 Å². The Morgan fingerprint density at radius 1 is 1.35 bits per heavy atom. The second kappa shape index (κ2) is 9.15. The predicted octanol–water partition coefficient (Wildman–Crippen LogP) is 2.06. The Kier molecular flexibility index (Phi) is 7.88. The number of hydrogen-bond donors (Lipinski definition) is 2. The summed E-state index contributed by atoms with van der Waals surface area (Å²) in [6, 6.07) is 3.26. The lowest BCUT2D eigenvalue weighted by Crippen LogP contribution is -2.47. The molecule has 1 aromatic carbocycles. The molecule has 4 nitrogen and oxygen atoms in total. The van der Waals surface area contributed by atoms with Crippen molar-refractivity contribution in [3.63, 3.8) is 0 Å². The van der Waals surface area contributed by atoms with Gasteiger partial charge in [-0.05, 0) is 37.6 Å². The smallest absolute Gasteiger partial charge is 0.224 e. The van der Waals surface area contributed by atoms with E-state index < -0.39 is 11.6 Å². The molecule has 1 amide bonds. The van der Waals surface area contributed by atoms with Crippen molar-refractivity contribution in [3.05, 3.63) is 35.4 Å². The molecule has 2 N–H and O–H groups in total. The number of piperidine rings is 1. The average Bonchev–Trinajstić information content (AvgIpc) is 2.50. The standard InChI is InChI=1S/C16H22F2N2O2.ClH/c1-22-11-16(4-6-19-7-5-16)10-20-15(21)8-12-2-3-13(17)9-14(12)18;/h2-3,9,19H,4-8,10-11H2,1H3,(H,20,21);1H. The highest BCUT2D eigenvalue weighted by atomic mass is 35.5. The summed E-state index contributed by atoms with van der Waals surface area (Å²) in [4.78, 5) is 12.0. The SMILES string of the molecule is COCC1(CNC(=O)Cc2ccc(F)cc2F)CCNCC1.Cl. The third-order valence-corrected chi connectivity index (χ3v) is 4.14. The molecule has 0 aliphatic carbocycles. The normalized spacial score (nSPS) is 16.5. The lowest BCUT2D eigenvalue weighted by molar-refractivity contribution is -0.121. The molecule has 0 spiro atoms. The summed E-state index contributed by atoms with van der Waals surface area (Å²) in [6.45, 7) is 2.88. The zero-order valence-corrected chi connectivity index (χ0v) is 14.0. The third-order valence-electron chi connectivity index (χ3n) is 4.14. The van der Waals surface area contributed by atoms with Crippen LogP contribution >= 0.6 is 12.4 Å². The highest BCUT2D eigenvalue weighted by molar-refractivity contribution is 5.85. The highest BCUT2D eigenvalue weighted by Gasteiger charge is 2.32. The number of methoxy groups -OCH3 is 1. The number of nitrogens with one attached hydrogen (secondary N) is 2. The molecule has 130 valence electrons. The maximum atomic E-state index is 13.6. The molecule has 1 heterocycles. The van der Waals surface area contributed by atoms with Gasteiger partial charge >= 0.3 is 0 Å². The Bertz CT molecular complexity index is 517. The molecule has 23 heavy (non-hydrogen) atoms. The van der Waals surface area contributed by atoms with Crippen LogP contribution in [0.5, 0.6) is 0 Å². The summed E-state index contributed by atoms with van der Waals surface area (Å²) >= 11 is 0. The number of carbonyl (C=O) groups is 1. The number of hydrogen-bond acceptors (Lipinski definition) is 3. The van der Waals surface area contributed by atoms with E-state index in [0.29, 0.717) is 13.2 Å². The fourth-order valence-corrected chi connectivity index (χ4v) is 2.82. The van der Waals surface area contributed by atoms with Crippen LogP contribution in [0.3, 0.4) is 0 Å². The monoisotopic (exact) mass is 348 g/mol. The van der Waals surface area contributed by atoms with E-state index in [9.17, 15) is 13.6 Å². The number of amides is 1. The fourth-order valence-electron chi connectivity index (χ4n) is 2.82. The van der Waals surface area contributed by atoms with Gasteiger partial charge in [0.05, 0.1) is 13.0 Å². The zero-order valence-electron chi connectivity index (χ0n) is 13.2. The molecule has 0 saturated carbocycles. The van der Waals surface area contributed by atoms with E-state index >= 15 is 0 Å². The van der Waals surface area contributed by atoms with Crippen LogP contribution in [0.1, 0.15) is 18.4 Å². The second-order valence-electron chi connectivity index (χ2n) is 5.87. The molecular formula is C16H23ClF2N2O2. The summed E-state index contributed by atoms with van der Waals surface area (Å²) in [5.41, 5.74) is 0.127. The number of rotatable bonds is 6. The van der Waals surface area contributed by atoms with Crippen molar-refractivity contribution in [1.29, 1.82) is 0 Å². The van der Waals surface area contributed by atoms with E-state index in [1.807, 2.05) is 0 Å². The highest BCUT2D eigenvalue weighted by Crippen LogP contribution is 2.28. The number of ether oxygens (including phenoxy) is 1. The molecule has 0 aromatic heterocycles. The minimum Gasteiger partial charge on any atom is -0.384 e. The molecule has 0 atom stereocenters. The van der Waals surface area contributed by atoms with Gasteiger partial charge in [0.2, 0.25) is 5.91 Å². The minimum absolute atomic E-state index is 0. The fraction of sp³-hybridized carbons (Fsp3) is 0.562. The zero-order chi connectivity index (χ0) is 16.0. The van der Waals surface area contributed by atoms with E-state index in [1.54, 1.807) is 7.11 Å². The largest absolute Gasteiger partial charge is 0.384 e. The molecule has 1 aromatic rings. The summed E-state index contributed by atoms with van der Waals surface area (Å²) in [6.07, 6.45) is 1.76. The van der Waals surface area contributed by atoms with Crippen molar-refractivity contribution in [2.24, 2.45) is 5.41 Å². The molecule has 1 saturated heterocycles. The van der Waals surface area contributed by atoms with Gasteiger partial charge < -0.3 is 15.4 Å². The lowest BCUT2D eigenvalue weighted by Gasteiger charge is -2.37. The molecular weight excluding hydrogens is 326 g/mol. The van der Waals surface area contributed by atoms with Crippen molar-refractivity contribution >= 4 is 18.3 Å². The van der Waals surface area contributed by atoms with Crippen molar-refractivity contribution < 1.29 is 18.3 Å².